The van der Waals surface area contributed by atoms with E-state index in [4.69, 9.17) is 4.74 Å². The van der Waals surface area contributed by atoms with Crippen molar-refractivity contribution in [2.75, 3.05) is 13.7 Å². The van der Waals surface area contributed by atoms with E-state index in [0.29, 0.717) is 12.1 Å². The van der Waals surface area contributed by atoms with Crippen molar-refractivity contribution in [3.05, 3.63) is 17.5 Å². The zero-order valence-corrected chi connectivity index (χ0v) is 11.1. The molecule has 96 valence electrons. The Morgan fingerprint density at radius 3 is 3.00 bits per heavy atom. The molecule has 1 saturated heterocycles. The first-order valence-corrected chi connectivity index (χ1v) is 6.50. The molecule has 1 aromatic heterocycles. The van der Waals surface area contributed by atoms with Crippen LogP contribution in [0.3, 0.4) is 0 Å². The van der Waals surface area contributed by atoms with Crippen molar-refractivity contribution in [2.45, 2.75) is 44.8 Å². The number of hydrogen-bond donors (Lipinski definition) is 1. The van der Waals surface area contributed by atoms with Crippen LogP contribution < -0.4 is 5.32 Å². The van der Waals surface area contributed by atoms with Crippen LogP contribution in [0.5, 0.6) is 0 Å². The van der Waals surface area contributed by atoms with Gasteiger partial charge in [-0.05, 0) is 45.7 Å². The maximum absolute atomic E-state index is 5.67. The third kappa shape index (κ3) is 3.07. The molecular weight excluding hydrogens is 214 g/mol. The van der Waals surface area contributed by atoms with Crippen molar-refractivity contribution in [1.29, 1.82) is 0 Å². The molecule has 2 heterocycles. The first kappa shape index (κ1) is 12.6. The lowest BCUT2D eigenvalue weighted by Crippen LogP contribution is -2.21. The highest BCUT2D eigenvalue weighted by molar-refractivity contribution is 5.12. The van der Waals surface area contributed by atoms with Gasteiger partial charge in [-0.25, -0.2) is 0 Å². The summed E-state index contributed by atoms with van der Waals surface area (Å²) in [6.45, 7) is 2.98. The van der Waals surface area contributed by atoms with Crippen LogP contribution in [0.4, 0.5) is 0 Å². The van der Waals surface area contributed by atoms with Crippen molar-refractivity contribution in [3.8, 4) is 0 Å². The van der Waals surface area contributed by atoms with Crippen LogP contribution in [0.2, 0.25) is 0 Å². The van der Waals surface area contributed by atoms with E-state index in [1.165, 1.54) is 18.5 Å². The SMILES string of the molecule is CNC(CCC1CCCO1)c1cc(C)nn1C. The summed E-state index contributed by atoms with van der Waals surface area (Å²) in [5.74, 6) is 0. The fourth-order valence-corrected chi connectivity index (χ4v) is 2.62. The Hall–Kier alpha value is -0.870. The molecule has 2 unspecified atom stereocenters. The highest BCUT2D eigenvalue weighted by Gasteiger charge is 2.19. The molecule has 0 amide bonds. The molecular formula is C13H23N3O. The third-order valence-corrected chi connectivity index (χ3v) is 3.54. The van der Waals surface area contributed by atoms with Gasteiger partial charge in [-0.1, -0.05) is 0 Å². The average Bonchev–Trinajstić information content (AvgIpc) is 2.90. The maximum Gasteiger partial charge on any atom is 0.0597 e. The second-order valence-electron chi connectivity index (χ2n) is 4.89. The van der Waals surface area contributed by atoms with Gasteiger partial charge in [0, 0.05) is 19.7 Å². The Bertz CT molecular complexity index is 356. The van der Waals surface area contributed by atoms with Crippen LogP contribution in [-0.4, -0.2) is 29.5 Å². The lowest BCUT2D eigenvalue weighted by molar-refractivity contribution is 0.0996. The molecule has 2 atom stereocenters. The minimum atomic E-state index is 0.380. The molecule has 0 aromatic carbocycles. The molecule has 2 rings (SSSR count). The molecule has 4 nitrogen and oxygen atoms in total. The van der Waals surface area contributed by atoms with Crippen LogP contribution >= 0.6 is 0 Å². The monoisotopic (exact) mass is 237 g/mol. The normalized spacial score (nSPS) is 21.9. The fraction of sp³-hybridized carbons (Fsp3) is 0.769. The quantitative estimate of drug-likeness (QED) is 0.850. The highest BCUT2D eigenvalue weighted by atomic mass is 16.5. The van der Waals surface area contributed by atoms with Crippen molar-refractivity contribution in [3.63, 3.8) is 0 Å². The summed E-state index contributed by atoms with van der Waals surface area (Å²) in [4.78, 5) is 0. The van der Waals surface area contributed by atoms with E-state index in [1.54, 1.807) is 0 Å². The van der Waals surface area contributed by atoms with Gasteiger partial charge in [-0.3, -0.25) is 4.68 Å². The van der Waals surface area contributed by atoms with Gasteiger partial charge < -0.3 is 10.1 Å². The minimum absolute atomic E-state index is 0.380. The van der Waals surface area contributed by atoms with E-state index in [2.05, 4.69) is 16.5 Å². The number of nitrogens with one attached hydrogen (secondary N) is 1. The van der Waals surface area contributed by atoms with Crippen LogP contribution in [0, 0.1) is 6.92 Å². The molecule has 0 aliphatic carbocycles. The zero-order chi connectivity index (χ0) is 12.3. The first-order chi connectivity index (χ1) is 8.20. The summed E-state index contributed by atoms with van der Waals surface area (Å²) >= 11 is 0. The summed E-state index contributed by atoms with van der Waals surface area (Å²) in [6.07, 6.45) is 5.16. The lowest BCUT2D eigenvalue weighted by atomic mass is 10.0. The Morgan fingerprint density at radius 1 is 1.65 bits per heavy atom. The van der Waals surface area contributed by atoms with Gasteiger partial charge >= 0.3 is 0 Å². The summed E-state index contributed by atoms with van der Waals surface area (Å²) < 4.78 is 7.65. The molecule has 1 N–H and O–H groups in total. The third-order valence-electron chi connectivity index (χ3n) is 3.54. The maximum atomic E-state index is 5.67. The number of nitrogens with zero attached hydrogens (tertiary/aromatic N) is 2. The van der Waals surface area contributed by atoms with Crippen molar-refractivity contribution in [2.24, 2.45) is 7.05 Å². The van der Waals surface area contributed by atoms with Gasteiger partial charge in [-0.15, -0.1) is 0 Å². The molecule has 4 heteroatoms. The van der Waals surface area contributed by atoms with Crippen LogP contribution in [0.15, 0.2) is 6.07 Å². The predicted octanol–water partition coefficient (Wildman–Crippen LogP) is 1.95. The number of hydrogen-bond acceptors (Lipinski definition) is 3. The van der Waals surface area contributed by atoms with Gasteiger partial charge in [0.2, 0.25) is 0 Å². The minimum Gasteiger partial charge on any atom is -0.378 e. The number of aromatic nitrogens is 2. The summed E-state index contributed by atoms with van der Waals surface area (Å²) in [6, 6.07) is 2.54. The van der Waals surface area contributed by atoms with E-state index in [-0.39, 0.29) is 0 Å². The Kier molecular flexibility index (Phi) is 4.18. The van der Waals surface area contributed by atoms with Crippen molar-refractivity contribution in [1.82, 2.24) is 15.1 Å². The molecule has 0 spiro atoms. The summed E-state index contributed by atoms with van der Waals surface area (Å²) in [5, 5.41) is 7.79. The lowest BCUT2D eigenvalue weighted by Gasteiger charge is -2.18. The summed E-state index contributed by atoms with van der Waals surface area (Å²) in [7, 11) is 4.03. The smallest absolute Gasteiger partial charge is 0.0597 e. The molecule has 1 aliphatic rings. The van der Waals surface area contributed by atoms with Gasteiger partial charge in [0.25, 0.3) is 0 Å². The van der Waals surface area contributed by atoms with Gasteiger partial charge in [0.05, 0.1) is 17.5 Å². The van der Waals surface area contributed by atoms with Crippen LogP contribution in [0.1, 0.15) is 43.1 Å². The molecule has 1 fully saturated rings. The molecule has 0 bridgehead atoms. The van der Waals surface area contributed by atoms with Crippen LogP contribution in [-0.2, 0) is 11.8 Å². The second-order valence-corrected chi connectivity index (χ2v) is 4.89. The van der Waals surface area contributed by atoms with Crippen molar-refractivity contribution >= 4 is 0 Å². The van der Waals surface area contributed by atoms with Gasteiger partial charge in [0.15, 0.2) is 0 Å². The largest absolute Gasteiger partial charge is 0.378 e. The standard InChI is InChI=1S/C13H23N3O/c1-10-9-13(16(3)15-10)12(14-2)7-6-11-5-4-8-17-11/h9,11-12,14H,4-8H2,1-3H3. The van der Waals surface area contributed by atoms with Crippen LogP contribution in [0.25, 0.3) is 0 Å². The fourth-order valence-electron chi connectivity index (χ4n) is 2.62. The topological polar surface area (TPSA) is 39.1 Å². The summed E-state index contributed by atoms with van der Waals surface area (Å²) in [5.41, 5.74) is 2.35. The number of ether oxygens (including phenoxy) is 1. The Labute approximate surface area is 103 Å². The van der Waals surface area contributed by atoms with E-state index < -0.39 is 0 Å². The van der Waals surface area contributed by atoms with Gasteiger partial charge in [-0.2, -0.15) is 5.10 Å². The second kappa shape index (κ2) is 5.65. The molecule has 0 saturated carbocycles. The van der Waals surface area contributed by atoms with E-state index in [0.717, 1.165) is 25.1 Å². The Balaban J connectivity index is 1.93. The first-order valence-electron chi connectivity index (χ1n) is 6.50. The van der Waals surface area contributed by atoms with E-state index in [1.807, 2.05) is 25.7 Å². The predicted molar refractivity (Wildman–Crippen MR) is 68.0 cm³/mol. The number of aryl methyl sites for hydroxylation is 2. The molecule has 0 radical (unpaired) electrons. The van der Waals surface area contributed by atoms with E-state index in [9.17, 15) is 0 Å². The van der Waals surface area contributed by atoms with Gasteiger partial charge in [0.1, 0.15) is 0 Å². The number of rotatable bonds is 5. The van der Waals surface area contributed by atoms with Crippen molar-refractivity contribution < 1.29 is 4.74 Å². The zero-order valence-electron chi connectivity index (χ0n) is 11.1. The average molecular weight is 237 g/mol. The Morgan fingerprint density at radius 2 is 2.47 bits per heavy atom. The molecule has 1 aliphatic heterocycles. The molecule has 1 aromatic rings. The highest BCUT2D eigenvalue weighted by Crippen LogP contribution is 2.23. The molecule has 17 heavy (non-hydrogen) atoms. The van der Waals surface area contributed by atoms with E-state index >= 15 is 0 Å².